The summed E-state index contributed by atoms with van der Waals surface area (Å²) in [6.07, 6.45) is 12.2. The highest BCUT2D eigenvalue weighted by Gasteiger charge is 1.92. The summed E-state index contributed by atoms with van der Waals surface area (Å²) in [6.45, 7) is 8.51. The number of allylic oxidation sites excluding steroid dienone is 5. The maximum absolute atomic E-state index is 10.4. The van der Waals surface area contributed by atoms with Crippen LogP contribution in [0.5, 0.6) is 0 Å². The third kappa shape index (κ3) is 9.92. The summed E-state index contributed by atoms with van der Waals surface area (Å²) >= 11 is 0. The van der Waals surface area contributed by atoms with Crippen molar-refractivity contribution in [2.75, 3.05) is 0 Å². The molecule has 97 valence electrons. The lowest BCUT2D eigenvalue weighted by Gasteiger charge is -2.01. The second-order valence-corrected chi connectivity index (χ2v) is 4.89. The molecule has 0 aromatic heterocycles. The molecule has 0 aliphatic carbocycles. The third-order valence-electron chi connectivity index (χ3n) is 2.91. The zero-order chi connectivity index (χ0) is 13.1. The zero-order valence-electron chi connectivity index (χ0n) is 11.9. The van der Waals surface area contributed by atoms with Crippen molar-refractivity contribution in [3.63, 3.8) is 0 Å². The minimum Gasteiger partial charge on any atom is -0.299 e. The second kappa shape index (κ2) is 10.2. The fourth-order valence-corrected chi connectivity index (χ4v) is 1.75. The molecule has 0 amide bonds. The number of hydrogen-bond acceptors (Lipinski definition) is 0. The van der Waals surface area contributed by atoms with Crippen molar-refractivity contribution < 1.29 is 5.11 Å². The van der Waals surface area contributed by atoms with Crippen LogP contribution in [0.4, 0.5) is 0 Å². The van der Waals surface area contributed by atoms with E-state index in [0.717, 1.165) is 37.5 Å². The molecule has 0 saturated carbocycles. The first-order valence-corrected chi connectivity index (χ1v) is 6.69. The Morgan fingerprint density at radius 1 is 0.824 bits per heavy atom. The van der Waals surface area contributed by atoms with Crippen LogP contribution < -0.4 is 0 Å². The van der Waals surface area contributed by atoms with E-state index in [1.807, 2.05) is 6.92 Å². The van der Waals surface area contributed by atoms with Gasteiger partial charge in [0.1, 0.15) is 6.26 Å². The van der Waals surface area contributed by atoms with Gasteiger partial charge in [0.05, 0.1) is 0 Å². The van der Waals surface area contributed by atoms with Crippen LogP contribution in [-0.2, 0) is 5.11 Å². The van der Waals surface area contributed by atoms with E-state index in [4.69, 9.17) is 0 Å². The molecule has 0 spiro atoms. The van der Waals surface area contributed by atoms with Crippen molar-refractivity contribution in [1.82, 2.24) is 0 Å². The average molecular weight is 235 g/mol. The van der Waals surface area contributed by atoms with Crippen molar-refractivity contribution in [2.24, 2.45) is 0 Å². The minimum atomic E-state index is 0.894. The predicted molar refractivity (Wildman–Crippen MR) is 75.3 cm³/mol. The molecule has 0 saturated heterocycles. The molecule has 0 N–H and O–H groups in total. The van der Waals surface area contributed by atoms with E-state index in [-0.39, 0.29) is 0 Å². The SMILES string of the molecule is CCCC(C)=CCCC(C)=CCCC(C)=C[O]. The molecular weight excluding hydrogens is 208 g/mol. The largest absolute Gasteiger partial charge is 0.299 e. The normalized spacial score (nSPS) is 14.2. The molecule has 0 aliphatic heterocycles. The molecule has 0 aliphatic rings. The Kier molecular flexibility index (Phi) is 9.60. The maximum Gasteiger partial charge on any atom is 0.141 e. The van der Waals surface area contributed by atoms with E-state index < -0.39 is 0 Å². The van der Waals surface area contributed by atoms with Gasteiger partial charge < -0.3 is 0 Å². The highest BCUT2D eigenvalue weighted by Crippen LogP contribution is 2.12. The summed E-state index contributed by atoms with van der Waals surface area (Å²) in [6, 6.07) is 0. The Morgan fingerprint density at radius 3 is 1.76 bits per heavy atom. The molecule has 17 heavy (non-hydrogen) atoms. The van der Waals surface area contributed by atoms with Crippen LogP contribution in [0, 0.1) is 0 Å². The Balaban J connectivity index is 3.81. The second-order valence-electron chi connectivity index (χ2n) is 4.89. The smallest absolute Gasteiger partial charge is 0.141 e. The third-order valence-corrected chi connectivity index (χ3v) is 2.91. The van der Waals surface area contributed by atoms with Crippen LogP contribution in [0.25, 0.3) is 0 Å². The van der Waals surface area contributed by atoms with E-state index in [2.05, 4.69) is 32.9 Å². The minimum absolute atomic E-state index is 0.894. The van der Waals surface area contributed by atoms with Crippen LogP contribution >= 0.6 is 0 Å². The first-order valence-electron chi connectivity index (χ1n) is 6.69. The van der Waals surface area contributed by atoms with E-state index in [9.17, 15) is 5.11 Å². The van der Waals surface area contributed by atoms with Crippen molar-refractivity contribution >= 4 is 0 Å². The molecule has 1 nitrogen and oxygen atoms in total. The van der Waals surface area contributed by atoms with E-state index in [0.29, 0.717) is 0 Å². The predicted octanol–water partition coefficient (Wildman–Crippen LogP) is 5.57. The lowest BCUT2D eigenvalue weighted by Crippen LogP contribution is -1.81. The fourth-order valence-electron chi connectivity index (χ4n) is 1.75. The maximum atomic E-state index is 10.4. The topological polar surface area (TPSA) is 19.9 Å². The van der Waals surface area contributed by atoms with Crippen LogP contribution in [0.1, 0.15) is 66.2 Å². The summed E-state index contributed by atoms with van der Waals surface area (Å²) in [5.74, 6) is 0. The van der Waals surface area contributed by atoms with E-state index in [1.54, 1.807) is 0 Å². The first-order chi connectivity index (χ1) is 8.10. The molecule has 0 fully saturated rings. The summed E-state index contributed by atoms with van der Waals surface area (Å²) in [7, 11) is 0. The van der Waals surface area contributed by atoms with Crippen LogP contribution in [0.2, 0.25) is 0 Å². The Hall–Kier alpha value is -0.980. The number of rotatable bonds is 8. The summed E-state index contributed by atoms with van der Waals surface area (Å²) in [4.78, 5) is 0. The summed E-state index contributed by atoms with van der Waals surface area (Å²) < 4.78 is 0. The summed E-state index contributed by atoms with van der Waals surface area (Å²) in [5, 5.41) is 10.4. The average Bonchev–Trinajstić information content (AvgIpc) is 2.29. The van der Waals surface area contributed by atoms with Gasteiger partial charge in [-0.1, -0.05) is 36.6 Å². The van der Waals surface area contributed by atoms with Gasteiger partial charge in [-0.25, -0.2) is 0 Å². The van der Waals surface area contributed by atoms with Gasteiger partial charge in [0.15, 0.2) is 0 Å². The van der Waals surface area contributed by atoms with Gasteiger partial charge in [0.2, 0.25) is 0 Å². The van der Waals surface area contributed by atoms with Gasteiger partial charge in [-0.15, -0.1) is 0 Å². The van der Waals surface area contributed by atoms with Gasteiger partial charge >= 0.3 is 0 Å². The highest BCUT2D eigenvalue weighted by atomic mass is 16.2. The molecule has 0 aromatic rings. The van der Waals surface area contributed by atoms with Gasteiger partial charge in [0, 0.05) is 0 Å². The molecule has 0 atom stereocenters. The molecular formula is C16H27O. The fraction of sp³-hybridized carbons (Fsp3) is 0.625. The van der Waals surface area contributed by atoms with Gasteiger partial charge in [-0.3, -0.25) is 5.11 Å². The van der Waals surface area contributed by atoms with Crippen LogP contribution in [0.3, 0.4) is 0 Å². The standard InChI is InChI=1S/C16H27O/c1-5-8-14(2)9-6-10-15(3)11-7-12-16(4)13-17/h9,11,13H,5-8,10,12H2,1-4H3. The Morgan fingerprint density at radius 2 is 1.29 bits per heavy atom. The number of hydrogen-bond donors (Lipinski definition) is 0. The molecule has 1 heteroatoms. The van der Waals surface area contributed by atoms with Gasteiger partial charge in [-0.05, 0) is 58.4 Å². The molecule has 0 rings (SSSR count). The zero-order valence-corrected chi connectivity index (χ0v) is 11.9. The van der Waals surface area contributed by atoms with Crippen molar-refractivity contribution in [1.29, 1.82) is 0 Å². The van der Waals surface area contributed by atoms with E-state index >= 15 is 0 Å². The van der Waals surface area contributed by atoms with Gasteiger partial charge in [0.25, 0.3) is 0 Å². The molecule has 0 heterocycles. The van der Waals surface area contributed by atoms with Gasteiger partial charge in [-0.2, -0.15) is 0 Å². The Labute approximate surface area is 107 Å². The lowest BCUT2D eigenvalue weighted by molar-refractivity contribution is 0.345. The molecule has 0 aromatic carbocycles. The van der Waals surface area contributed by atoms with E-state index in [1.165, 1.54) is 24.0 Å². The van der Waals surface area contributed by atoms with Crippen molar-refractivity contribution in [3.8, 4) is 0 Å². The van der Waals surface area contributed by atoms with Crippen molar-refractivity contribution in [2.45, 2.75) is 66.2 Å². The van der Waals surface area contributed by atoms with Crippen LogP contribution in [0.15, 0.2) is 35.1 Å². The first kappa shape index (κ1) is 16.0. The summed E-state index contributed by atoms with van der Waals surface area (Å²) in [5.41, 5.74) is 3.88. The van der Waals surface area contributed by atoms with Crippen molar-refractivity contribution in [3.05, 3.63) is 35.1 Å². The van der Waals surface area contributed by atoms with Crippen LogP contribution in [-0.4, -0.2) is 0 Å². The lowest BCUT2D eigenvalue weighted by atomic mass is 10.1. The molecule has 0 bridgehead atoms. The highest BCUT2D eigenvalue weighted by molar-refractivity contribution is 5.05. The molecule has 0 unspecified atom stereocenters. The monoisotopic (exact) mass is 235 g/mol. The molecule has 1 radical (unpaired) electrons. The quantitative estimate of drug-likeness (QED) is 0.387. The Bertz CT molecular complexity index is 282.